The minimum Gasteiger partial charge on any atom is -0.286 e. The molecule has 0 bridgehead atoms. The van der Waals surface area contributed by atoms with Crippen LogP contribution in [0.4, 0.5) is 4.39 Å². The maximum Gasteiger partial charge on any atom is 0.284 e. The Morgan fingerprint density at radius 2 is 2.05 bits per heavy atom. The van der Waals surface area contributed by atoms with Gasteiger partial charge in [-0.15, -0.1) is 11.0 Å². The molecule has 1 aromatic rings. The predicted molar refractivity (Wildman–Crippen MR) is 80.0 cm³/mol. The van der Waals surface area contributed by atoms with E-state index < -0.39 is 21.1 Å². The van der Waals surface area contributed by atoms with E-state index in [1.807, 2.05) is 0 Å². The zero-order valence-electron chi connectivity index (χ0n) is 11.2. The molecule has 0 aromatic heterocycles. The predicted octanol–water partition coefficient (Wildman–Crippen LogP) is 2.02. The molecule has 1 aromatic carbocycles. The van der Waals surface area contributed by atoms with Crippen molar-refractivity contribution >= 4 is 32.9 Å². The van der Waals surface area contributed by atoms with Crippen LogP contribution in [0.15, 0.2) is 46.2 Å². The Bertz CT molecular complexity index is 699. The van der Waals surface area contributed by atoms with Crippen LogP contribution in [-0.2, 0) is 14.8 Å². The minimum atomic E-state index is -3.99. The minimum absolute atomic E-state index is 0.108. The normalized spacial score (nSPS) is 21.0. The fourth-order valence-electron chi connectivity index (χ4n) is 1.72. The molecule has 0 unspecified atom stereocenters. The van der Waals surface area contributed by atoms with Crippen LogP contribution in [0, 0.1) is 5.82 Å². The van der Waals surface area contributed by atoms with Crippen LogP contribution >= 0.6 is 11.8 Å². The Morgan fingerprint density at radius 1 is 1.43 bits per heavy atom. The van der Waals surface area contributed by atoms with E-state index in [-0.39, 0.29) is 22.5 Å². The molecule has 1 amide bonds. The van der Waals surface area contributed by atoms with Gasteiger partial charge in [0.15, 0.2) is 5.17 Å². The monoisotopic (exact) mass is 328 g/mol. The summed E-state index contributed by atoms with van der Waals surface area (Å²) < 4.78 is 40.9. The number of hydrogen-bond donors (Lipinski definition) is 0. The number of sulfonamides is 1. The molecule has 8 heteroatoms. The van der Waals surface area contributed by atoms with Gasteiger partial charge >= 0.3 is 0 Å². The lowest BCUT2D eigenvalue weighted by Gasteiger charge is -2.13. The van der Waals surface area contributed by atoms with Crippen LogP contribution < -0.4 is 0 Å². The standard InChI is InChI=1S/C13H13FN2O3S2/c1-3-8-16-12(17)9(2)20-13(16)15-21(18,19)11-6-4-10(14)5-7-11/h3-7,9H,1,8H2,2H3/t9-/m0/s1. The summed E-state index contributed by atoms with van der Waals surface area (Å²) in [5.74, 6) is -0.748. The average Bonchev–Trinajstić information content (AvgIpc) is 2.67. The first-order valence-corrected chi connectivity index (χ1v) is 8.36. The van der Waals surface area contributed by atoms with Gasteiger partial charge in [-0.05, 0) is 31.2 Å². The van der Waals surface area contributed by atoms with E-state index in [1.165, 1.54) is 11.0 Å². The quantitative estimate of drug-likeness (QED) is 0.793. The molecule has 5 nitrogen and oxygen atoms in total. The topological polar surface area (TPSA) is 66.8 Å². The summed E-state index contributed by atoms with van der Waals surface area (Å²) in [6.45, 7) is 5.40. The van der Waals surface area contributed by atoms with Crippen molar-refractivity contribution in [2.45, 2.75) is 17.1 Å². The van der Waals surface area contributed by atoms with Gasteiger partial charge in [0.05, 0.1) is 10.1 Å². The van der Waals surface area contributed by atoms with Gasteiger partial charge in [-0.1, -0.05) is 17.8 Å². The van der Waals surface area contributed by atoms with Gasteiger partial charge in [-0.25, -0.2) is 4.39 Å². The SMILES string of the molecule is C=CCN1C(=O)[C@H](C)SC1=NS(=O)(=O)c1ccc(F)cc1. The van der Waals surface area contributed by atoms with Gasteiger partial charge in [0.25, 0.3) is 10.0 Å². The Balaban J connectivity index is 2.39. The molecule has 0 N–H and O–H groups in total. The lowest BCUT2D eigenvalue weighted by atomic mass is 10.4. The molecule has 1 heterocycles. The smallest absolute Gasteiger partial charge is 0.284 e. The highest BCUT2D eigenvalue weighted by Crippen LogP contribution is 2.28. The van der Waals surface area contributed by atoms with E-state index in [1.54, 1.807) is 6.92 Å². The van der Waals surface area contributed by atoms with E-state index in [0.717, 1.165) is 36.0 Å². The van der Waals surface area contributed by atoms with E-state index in [2.05, 4.69) is 11.0 Å². The highest BCUT2D eigenvalue weighted by Gasteiger charge is 2.35. The van der Waals surface area contributed by atoms with E-state index in [9.17, 15) is 17.6 Å². The van der Waals surface area contributed by atoms with E-state index >= 15 is 0 Å². The zero-order valence-corrected chi connectivity index (χ0v) is 12.8. The average molecular weight is 328 g/mol. The largest absolute Gasteiger partial charge is 0.286 e. The molecule has 0 aliphatic carbocycles. The highest BCUT2D eigenvalue weighted by molar-refractivity contribution is 8.16. The second-order valence-corrected chi connectivity index (χ2v) is 7.21. The van der Waals surface area contributed by atoms with Crippen molar-refractivity contribution in [3.63, 3.8) is 0 Å². The van der Waals surface area contributed by atoms with Crippen LogP contribution in [0.1, 0.15) is 6.92 Å². The third-order valence-electron chi connectivity index (χ3n) is 2.75. The lowest BCUT2D eigenvalue weighted by Crippen LogP contribution is -2.31. The molecule has 0 radical (unpaired) electrons. The summed E-state index contributed by atoms with van der Waals surface area (Å²) in [5, 5.41) is -0.288. The number of carbonyl (C=O) groups is 1. The van der Waals surface area contributed by atoms with Crippen LogP contribution in [0.5, 0.6) is 0 Å². The molecular formula is C13H13FN2O3S2. The molecule has 1 aliphatic rings. The Morgan fingerprint density at radius 3 is 2.62 bits per heavy atom. The fraction of sp³-hybridized carbons (Fsp3) is 0.231. The number of nitrogens with zero attached hydrogens (tertiary/aromatic N) is 2. The van der Waals surface area contributed by atoms with E-state index in [0.29, 0.717) is 0 Å². The second kappa shape index (κ2) is 5.98. The van der Waals surface area contributed by atoms with Crippen LogP contribution in [0.25, 0.3) is 0 Å². The Kier molecular flexibility index (Phi) is 4.48. The maximum atomic E-state index is 12.8. The first kappa shape index (κ1) is 15.7. The molecule has 112 valence electrons. The van der Waals surface area contributed by atoms with Crippen molar-refractivity contribution in [2.24, 2.45) is 4.40 Å². The number of halogens is 1. The summed E-state index contributed by atoms with van der Waals surface area (Å²) in [4.78, 5) is 13.0. The number of amidine groups is 1. The van der Waals surface area contributed by atoms with Crippen LogP contribution in [-0.4, -0.2) is 36.2 Å². The summed E-state index contributed by atoms with van der Waals surface area (Å²) in [7, 11) is -3.99. The fourth-order valence-corrected chi connectivity index (χ4v) is 3.91. The van der Waals surface area contributed by atoms with Gasteiger partial charge in [-0.2, -0.15) is 8.42 Å². The third kappa shape index (κ3) is 3.33. The summed E-state index contributed by atoms with van der Waals surface area (Å²) >= 11 is 1.07. The number of thioether (sulfide) groups is 1. The molecule has 1 aliphatic heterocycles. The number of carbonyl (C=O) groups excluding carboxylic acids is 1. The van der Waals surface area contributed by atoms with Gasteiger partial charge < -0.3 is 0 Å². The molecule has 0 saturated carbocycles. The Labute approximate surface area is 126 Å². The maximum absolute atomic E-state index is 12.8. The molecular weight excluding hydrogens is 315 g/mol. The van der Waals surface area contributed by atoms with Crippen molar-refractivity contribution < 1.29 is 17.6 Å². The first-order chi connectivity index (χ1) is 9.85. The van der Waals surface area contributed by atoms with Crippen LogP contribution in [0.3, 0.4) is 0 Å². The van der Waals surface area contributed by atoms with Crippen molar-refractivity contribution in [1.82, 2.24) is 4.90 Å². The molecule has 2 rings (SSSR count). The first-order valence-electron chi connectivity index (χ1n) is 6.04. The summed E-state index contributed by atoms with van der Waals surface area (Å²) in [6, 6.07) is 4.36. The lowest BCUT2D eigenvalue weighted by molar-refractivity contribution is -0.125. The molecule has 1 atom stereocenters. The molecule has 1 saturated heterocycles. The van der Waals surface area contributed by atoms with Crippen molar-refractivity contribution in [2.75, 3.05) is 6.54 Å². The van der Waals surface area contributed by atoms with Gasteiger partial charge in [0.2, 0.25) is 5.91 Å². The highest BCUT2D eigenvalue weighted by atomic mass is 32.2. The third-order valence-corrected chi connectivity index (χ3v) is 5.22. The number of amides is 1. The molecule has 0 spiro atoms. The van der Waals surface area contributed by atoms with Crippen molar-refractivity contribution in [1.29, 1.82) is 0 Å². The van der Waals surface area contributed by atoms with Gasteiger partial charge in [-0.3, -0.25) is 9.69 Å². The summed E-state index contributed by atoms with van der Waals surface area (Å²) in [5.41, 5.74) is 0. The molecule has 1 fully saturated rings. The van der Waals surface area contributed by atoms with Crippen molar-refractivity contribution in [3.05, 3.63) is 42.7 Å². The number of rotatable bonds is 4. The second-order valence-electron chi connectivity index (χ2n) is 4.30. The Hall–Kier alpha value is -1.67. The summed E-state index contributed by atoms with van der Waals surface area (Å²) in [6.07, 6.45) is 1.50. The molecule has 21 heavy (non-hydrogen) atoms. The van der Waals surface area contributed by atoms with Gasteiger partial charge in [0.1, 0.15) is 5.82 Å². The number of hydrogen-bond acceptors (Lipinski definition) is 4. The van der Waals surface area contributed by atoms with Crippen molar-refractivity contribution in [3.8, 4) is 0 Å². The van der Waals surface area contributed by atoms with E-state index in [4.69, 9.17) is 0 Å². The zero-order chi connectivity index (χ0) is 15.6. The van der Waals surface area contributed by atoms with Gasteiger partial charge in [0, 0.05) is 6.54 Å². The van der Waals surface area contributed by atoms with Crippen LogP contribution in [0.2, 0.25) is 0 Å². The number of benzene rings is 1.